The fraction of sp³-hybridized carbons (Fsp3) is 0.571. The maximum absolute atomic E-state index is 9.73. The lowest BCUT2D eigenvalue weighted by Gasteiger charge is -2.37. The van der Waals surface area contributed by atoms with E-state index in [1.54, 1.807) is 7.11 Å². The third-order valence-electron chi connectivity index (χ3n) is 3.57. The summed E-state index contributed by atoms with van der Waals surface area (Å²) in [5, 5.41) is 13.1. The topological polar surface area (TPSA) is 44.7 Å². The lowest BCUT2D eigenvalue weighted by atomic mass is 10.0. The summed E-state index contributed by atoms with van der Waals surface area (Å²) in [5.74, 6) is 0.814. The molecule has 4 nitrogen and oxygen atoms in total. The maximum Gasteiger partial charge on any atom is 0.133 e. The van der Waals surface area contributed by atoms with Crippen LogP contribution in [-0.4, -0.2) is 49.4 Å². The number of benzene rings is 1. The number of nitrogens with zero attached hydrogens (tertiary/aromatic N) is 1. The van der Waals surface area contributed by atoms with Crippen molar-refractivity contribution in [3.05, 3.63) is 28.2 Å². The molecule has 1 aromatic carbocycles. The van der Waals surface area contributed by atoms with Crippen LogP contribution < -0.4 is 10.1 Å². The minimum atomic E-state index is 0.0479. The maximum atomic E-state index is 9.73. The smallest absolute Gasteiger partial charge is 0.133 e. The number of methoxy groups -OCH3 is 1. The highest BCUT2D eigenvalue weighted by Crippen LogP contribution is 2.30. The molecule has 1 aliphatic rings. The molecule has 106 valence electrons. The molecule has 5 heteroatoms. The number of hydrogen-bond donors (Lipinski definition) is 2. The van der Waals surface area contributed by atoms with E-state index in [0.717, 1.165) is 35.4 Å². The van der Waals surface area contributed by atoms with Crippen LogP contribution in [0.3, 0.4) is 0 Å². The molecule has 1 aromatic rings. The number of halogens is 1. The van der Waals surface area contributed by atoms with Gasteiger partial charge in [-0.1, -0.05) is 6.07 Å². The first-order chi connectivity index (χ1) is 9.15. The zero-order valence-corrected chi connectivity index (χ0v) is 13.0. The fourth-order valence-electron chi connectivity index (χ4n) is 2.57. The van der Waals surface area contributed by atoms with Crippen LogP contribution in [0.15, 0.2) is 22.7 Å². The van der Waals surface area contributed by atoms with Crippen LogP contribution in [0.25, 0.3) is 0 Å². The third-order valence-corrected chi connectivity index (χ3v) is 4.19. The Balaban J connectivity index is 2.19. The number of rotatable bonds is 4. The summed E-state index contributed by atoms with van der Waals surface area (Å²) in [6.07, 6.45) is 0. The Morgan fingerprint density at radius 2 is 2.37 bits per heavy atom. The van der Waals surface area contributed by atoms with Crippen molar-refractivity contribution < 1.29 is 9.84 Å². The highest BCUT2D eigenvalue weighted by Gasteiger charge is 2.24. The summed E-state index contributed by atoms with van der Waals surface area (Å²) in [4.78, 5) is 2.33. The van der Waals surface area contributed by atoms with Gasteiger partial charge < -0.3 is 15.2 Å². The molecule has 2 N–H and O–H groups in total. The van der Waals surface area contributed by atoms with Gasteiger partial charge in [0.1, 0.15) is 5.75 Å². The van der Waals surface area contributed by atoms with E-state index in [-0.39, 0.29) is 12.6 Å². The molecule has 2 rings (SSSR count). The van der Waals surface area contributed by atoms with Gasteiger partial charge in [0.25, 0.3) is 0 Å². The van der Waals surface area contributed by atoms with Gasteiger partial charge in [-0.25, -0.2) is 0 Å². The van der Waals surface area contributed by atoms with Crippen molar-refractivity contribution in [3.8, 4) is 5.75 Å². The first kappa shape index (κ1) is 14.8. The zero-order chi connectivity index (χ0) is 13.8. The summed E-state index contributed by atoms with van der Waals surface area (Å²) >= 11 is 3.50. The Morgan fingerprint density at radius 3 is 2.95 bits per heavy atom. The average molecular weight is 329 g/mol. The molecule has 0 aromatic heterocycles. The molecule has 2 unspecified atom stereocenters. The second kappa shape index (κ2) is 6.70. The molecular formula is C14H21BrN2O2. The Labute approximate surface area is 122 Å². The summed E-state index contributed by atoms with van der Waals surface area (Å²) < 4.78 is 6.17. The Bertz CT molecular complexity index is 428. The molecule has 1 aliphatic heterocycles. The second-order valence-electron chi connectivity index (χ2n) is 4.94. The molecule has 1 saturated heterocycles. The van der Waals surface area contributed by atoms with Crippen molar-refractivity contribution in [1.29, 1.82) is 0 Å². The second-order valence-corrected chi connectivity index (χ2v) is 5.80. The molecule has 0 aliphatic carbocycles. The van der Waals surface area contributed by atoms with E-state index in [1.807, 2.05) is 18.2 Å². The van der Waals surface area contributed by atoms with Gasteiger partial charge in [0.15, 0.2) is 0 Å². The van der Waals surface area contributed by atoms with E-state index < -0.39 is 0 Å². The van der Waals surface area contributed by atoms with Crippen LogP contribution in [0.1, 0.15) is 18.5 Å². The number of aliphatic hydroxyl groups excluding tert-OH is 1. The van der Waals surface area contributed by atoms with Gasteiger partial charge in [0.2, 0.25) is 0 Å². The first-order valence-electron chi connectivity index (χ1n) is 6.57. The van der Waals surface area contributed by atoms with E-state index in [1.165, 1.54) is 0 Å². The minimum Gasteiger partial charge on any atom is -0.496 e. The fourth-order valence-corrected chi connectivity index (χ4v) is 3.13. The van der Waals surface area contributed by atoms with Crippen LogP contribution >= 0.6 is 15.9 Å². The molecule has 0 bridgehead atoms. The van der Waals surface area contributed by atoms with Crippen molar-refractivity contribution in [2.75, 3.05) is 33.4 Å². The molecule has 0 spiro atoms. The lowest BCUT2D eigenvalue weighted by Crippen LogP contribution is -2.50. The van der Waals surface area contributed by atoms with E-state index >= 15 is 0 Å². The van der Waals surface area contributed by atoms with Crippen molar-refractivity contribution in [3.63, 3.8) is 0 Å². The molecule has 0 radical (unpaired) electrons. The molecule has 1 heterocycles. The Kier molecular flexibility index (Phi) is 5.21. The SMILES string of the molecule is COc1ccc(C(CO)N2CCNC(C)C2)cc1Br. The van der Waals surface area contributed by atoms with Crippen LogP contribution in [0.4, 0.5) is 0 Å². The van der Waals surface area contributed by atoms with Gasteiger partial charge in [-0.3, -0.25) is 4.90 Å². The van der Waals surface area contributed by atoms with E-state index in [0.29, 0.717) is 6.04 Å². The van der Waals surface area contributed by atoms with E-state index in [9.17, 15) is 5.11 Å². The quantitative estimate of drug-likeness (QED) is 0.884. The standard InChI is InChI=1S/C14H21BrN2O2/c1-10-8-17(6-5-16-10)13(9-18)11-3-4-14(19-2)12(15)7-11/h3-4,7,10,13,16,18H,5-6,8-9H2,1-2H3. The van der Waals surface area contributed by atoms with Gasteiger partial charge in [0, 0.05) is 25.7 Å². The predicted octanol–water partition coefficient (Wildman–Crippen LogP) is 1.78. The van der Waals surface area contributed by atoms with Gasteiger partial charge in [-0.2, -0.15) is 0 Å². The van der Waals surface area contributed by atoms with Crippen molar-refractivity contribution >= 4 is 15.9 Å². The largest absolute Gasteiger partial charge is 0.496 e. The van der Waals surface area contributed by atoms with Gasteiger partial charge in [-0.15, -0.1) is 0 Å². The minimum absolute atomic E-state index is 0.0479. The number of hydrogen-bond acceptors (Lipinski definition) is 4. The monoisotopic (exact) mass is 328 g/mol. The van der Waals surface area contributed by atoms with Crippen molar-refractivity contribution in [1.82, 2.24) is 10.2 Å². The van der Waals surface area contributed by atoms with Crippen LogP contribution in [0.2, 0.25) is 0 Å². The summed E-state index contributed by atoms with van der Waals surface area (Å²) in [6.45, 7) is 5.18. The predicted molar refractivity (Wildman–Crippen MR) is 79.6 cm³/mol. The first-order valence-corrected chi connectivity index (χ1v) is 7.36. The third kappa shape index (κ3) is 3.48. The Hall–Kier alpha value is -0.620. The van der Waals surface area contributed by atoms with Crippen LogP contribution in [0.5, 0.6) is 5.75 Å². The number of piperazine rings is 1. The zero-order valence-electron chi connectivity index (χ0n) is 11.4. The average Bonchev–Trinajstić information content (AvgIpc) is 2.40. The molecule has 0 amide bonds. The van der Waals surface area contributed by atoms with Crippen molar-refractivity contribution in [2.24, 2.45) is 0 Å². The number of ether oxygens (including phenoxy) is 1. The molecular weight excluding hydrogens is 308 g/mol. The van der Waals surface area contributed by atoms with Crippen LogP contribution in [0, 0.1) is 0 Å². The highest BCUT2D eigenvalue weighted by molar-refractivity contribution is 9.10. The Morgan fingerprint density at radius 1 is 1.58 bits per heavy atom. The van der Waals surface area contributed by atoms with Crippen LogP contribution in [-0.2, 0) is 0 Å². The lowest BCUT2D eigenvalue weighted by molar-refractivity contribution is 0.0962. The van der Waals surface area contributed by atoms with E-state index in [4.69, 9.17) is 4.74 Å². The molecule has 1 fully saturated rings. The van der Waals surface area contributed by atoms with Crippen molar-refractivity contribution in [2.45, 2.75) is 19.0 Å². The summed E-state index contributed by atoms with van der Waals surface area (Å²) in [5.41, 5.74) is 1.12. The highest BCUT2D eigenvalue weighted by atomic mass is 79.9. The summed E-state index contributed by atoms with van der Waals surface area (Å²) in [6, 6.07) is 6.51. The molecule has 0 saturated carbocycles. The van der Waals surface area contributed by atoms with E-state index in [2.05, 4.69) is 33.1 Å². The normalized spacial score (nSPS) is 22.2. The molecule has 2 atom stereocenters. The van der Waals surface area contributed by atoms with Gasteiger partial charge >= 0.3 is 0 Å². The number of aliphatic hydroxyl groups is 1. The molecule has 19 heavy (non-hydrogen) atoms. The summed E-state index contributed by atoms with van der Waals surface area (Å²) in [7, 11) is 1.65. The van der Waals surface area contributed by atoms with Gasteiger partial charge in [-0.05, 0) is 40.5 Å². The number of nitrogens with one attached hydrogen (secondary N) is 1. The van der Waals surface area contributed by atoms with Gasteiger partial charge in [0.05, 0.1) is 24.2 Å².